The molecule has 2 aliphatic rings. The van der Waals surface area contributed by atoms with Crippen LogP contribution < -0.4 is 5.32 Å². The fourth-order valence-corrected chi connectivity index (χ4v) is 4.68. The molecule has 1 aromatic rings. The van der Waals surface area contributed by atoms with Gasteiger partial charge in [0.15, 0.2) is 0 Å². The molecule has 0 saturated heterocycles. The van der Waals surface area contributed by atoms with E-state index in [9.17, 15) is 9.90 Å². The van der Waals surface area contributed by atoms with Crippen LogP contribution in [0.15, 0.2) is 6.07 Å². The van der Waals surface area contributed by atoms with Crippen LogP contribution in [0.1, 0.15) is 65.1 Å². The van der Waals surface area contributed by atoms with Gasteiger partial charge in [0.1, 0.15) is 0 Å². The summed E-state index contributed by atoms with van der Waals surface area (Å²) in [5, 5.41) is 12.6. The Labute approximate surface area is 130 Å². The normalized spacial score (nSPS) is 26.0. The zero-order valence-electron chi connectivity index (χ0n) is 12.6. The number of fused-ring (bicyclic) bond motifs is 1. The Kier molecular flexibility index (Phi) is 4.96. The summed E-state index contributed by atoms with van der Waals surface area (Å²) >= 11 is 1.69. The van der Waals surface area contributed by atoms with Gasteiger partial charge in [-0.2, -0.15) is 0 Å². The molecule has 0 aromatic carbocycles. The smallest absolute Gasteiger partial charge is 0.261 e. The first-order valence-corrected chi connectivity index (χ1v) is 9.12. The minimum Gasteiger partial charge on any atom is -0.393 e. The summed E-state index contributed by atoms with van der Waals surface area (Å²) in [4.78, 5) is 14.6. The molecule has 1 saturated carbocycles. The number of hydrogen-bond donors (Lipinski definition) is 2. The molecule has 0 aliphatic heterocycles. The standard InChI is InChI=1S/C17H25NO2S/c19-14-8-7-12(9-14)11-18-17(20)16-10-13-5-3-1-2-4-6-15(13)21-16/h10,12,14,19H,1-9,11H2,(H,18,20). The zero-order chi connectivity index (χ0) is 14.7. The molecule has 1 heterocycles. The second-order valence-electron chi connectivity index (χ2n) is 6.52. The third-order valence-electron chi connectivity index (χ3n) is 4.79. The van der Waals surface area contributed by atoms with Gasteiger partial charge in [0.05, 0.1) is 11.0 Å². The maximum absolute atomic E-state index is 12.3. The van der Waals surface area contributed by atoms with E-state index < -0.39 is 0 Å². The number of aryl methyl sites for hydroxylation is 2. The van der Waals surface area contributed by atoms with Crippen molar-refractivity contribution in [2.45, 2.75) is 63.9 Å². The first-order chi connectivity index (χ1) is 10.2. The third-order valence-corrected chi connectivity index (χ3v) is 6.02. The fourth-order valence-electron chi connectivity index (χ4n) is 3.51. The molecule has 116 valence electrons. The van der Waals surface area contributed by atoms with E-state index in [-0.39, 0.29) is 12.0 Å². The number of aliphatic hydroxyl groups excluding tert-OH is 1. The Hall–Kier alpha value is -0.870. The Morgan fingerprint density at radius 1 is 1.24 bits per heavy atom. The molecule has 1 amide bonds. The monoisotopic (exact) mass is 307 g/mol. The minimum absolute atomic E-state index is 0.0770. The number of nitrogens with one attached hydrogen (secondary N) is 1. The zero-order valence-corrected chi connectivity index (χ0v) is 13.4. The van der Waals surface area contributed by atoms with Crippen molar-refractivity contribution in [1.82, 2.24) is 5.32 Å². The van der Waals surface area contributed by atoms with E-state index in [4.69, 9.17) is 0 Å². The van der Waals surface area contributed by atoms with E-state index in [1.807, 2.05) is 0 Å². The molecule has 2 unspecified atom stereocenters. The SMILES string of the molecule is O=C(NCC1CCC(O)C1)c1cc2c(s1)CCCCCC2. The summed E-state index contributed by atoms with van der Waals surface area (Å²) < 4.78 is 0. The summed E-state index contributed by atoms with van der Waals surface area (Å²) in [6, 6.07) is 2.12. The molecular weight excluding hydrogens is 282 g/mol. The number of rotatable bonds is 3. The molecule has 0 radical (unpaired) electrons. The highest BCUT2D eigenvalue weighted by molar-refractivity contribution is 7.14. The molecule has 3 rings (SSSR count). The van der Waals surface area contributed by atoms with Crippen LogP contribution in [0.2, 0.25) is 0 Å². The molecule has 0 bridgehead atoms. The van der Waals surface area contributed by atoms with Gasteiger partial charge in [0.25, 0.3) is 5.91 Å². The molecular formula is C17H25NO2S. The van der Waals surface area contributed by atoms with Crippen molar-refractivity contribution in [2.75, 3.05) is 6.54 Å². The molecule has 1 aromatic heterocycles. The van der Waals surface area contributed by atoms with Gasteiger partial charge >= 0.3 is 0 Å². The van der Waals surface area contributed by atoms with Crippen LogP contribution in [-0.4, -0.2) is 23.7 Å². The largest absolute Gasteiger partial charge is 0.393 e. The highest BCUT2D eigenvalue weighted by Crippen LogP contribution is 2.29. The van der Waals surface area contributed by atoms with Crippen LogP contribution >= 0.6 is 11.3 Å². The molecule has 21 heavy (non-hydrogen) atoms. The van der Waals surface area contributed by atoms with E-state index in [0.717, 1.165) is 37.0 Å². The summed E-state index contributed by atoms with van der Waals surface area (Å²) in [6.07, 6.45) is 10.0. The third kappa shape index (κ3) is 3.86. The topological polar surface area (TPSA) is 49.3 Å². The van der Waals surface area contributed by atoms with Crippen molar-refractivity contribution in [1.29, 1.82) is 0 Å². The molecule has 0 spiro atoms. The summed E-state index contributed by atoms with van der Waals surface area (Å²) in [6.45, 7) is 0.707. The lowest BCUT2D eigenvalue weighted by molar-refractivity contribution is 0.0949. The Bertz CT molecular complexity index is 471. The van der Waals surface area contributed by atoms with Crippen molar-refractivity contribution < 1.29 is 9.90 Å². The molecule has 2 aliphatic carbocycles. The van der Waals surface area contributed by atoms with Crippen molar-refractivity contribution in [3.05, 3.63) is 21.4 Å². The van der Waals surface area contributed by atoms with Crippen LogP contribution in [0.5, 0.6) is 0 Å². The second kappa shape index (κ2) is 6.93. The summed E-state index contributed by atoms with van der Waals surface area (Å²) in [7, 11) is 0. The van der Waals surface area contributed by atoms with E-state index in [1.54, 1.807) is 11.3 Å². The number of aliphatic hydroxyl groups is 1. The molecule has 1 fully saturated rings. The van der Waals surface area contributed by atoms with Gasteiger partial charge in [-0.3, -0.25) is 4.79 Å². The quantitative estimate of drug-likeness (QED) is 0.900. The Morgan fingerprint density at radius 2 is 2.05 bits per heavy atom. The molecule has 2 atom stereocenters. The number of carbonyl (C=O) groups excluding carboxylic acids is 1. The second-order valence-corrected chi connectivity index (χ2v) is 7.65. The van der Waals surface area contributed by atoms with Gasteiger partial charge in [-0.1, -0.05) is 12.8 Å². The minimum atomic E-state index is -0.159. The van der Waals surface area contributed by atoms with Crippen LogP contribution in [0.3, 0.4) is 0 Å². The van der Waals surface area contributed by atoms with E-state index in [0.29, 0.717) is 12.5 Å². The van der Waals surface area contributed by atoms with Crippen LogP contribution in [0.4, 0.5) is 0 Å². The predicted octanol–water partition coefficient (Wildman–Crippen LogP) is 3.30. The average molecular weight is 307 g/mol. The van der Waals surface area contributed by atoms with Crippen LogP contribution in [-0.2, 0) is 12.8 Å². The van der Waals surface area contributed by atoms with Crippen molar-refractivity contribution in [3.8, 4) is 0 Å². The summed E-state index contributed by atoms with van der Waals surface area (Å²) in [5.41, 5.74) is 1.40. The number of thiophene rings is 1. The predicted molar refractivity (Wildman–Crippen MR) is 85.9 cm³/mol. The molecule has 2 N–H and O–H groups in total. The number of hydrogen-bond acceptors (Lipinski definition) is 3. The Balaban J connectivity index is 1.58. The van der Waals surface area contributed by atoms with Crippen LogP contribution in [0.25, 0.3) is 0 Å². The van der Waals surface area contributed by atoms with Crippen molar-refractivity contribution in [3.63, 3.8) is 0 Å². The lowest BCUT2D eigenvalue weighted by atomic mass is 10.00. The molecule has 4 heteroatoms. The van der Waals surface area contributed by atoms with E-state index >= 15 is 0 Å². The van der Waals surface area contributed by atoms with Gasteiger partial charge in [0.2, 0.25) is 0 Å². The maximum Gasteiger partial charge on any atom is 0.261 e. The fraction of sp³-hybridized carbons (Fsp3) is 0.706. The molecule has 3 nitrogen and oxygen atoms in total. The van der Waals surface area contributed by atoms with E-state index in [2.05, 4.69) is 11.4 Å². The van der Waals surface area contributed by atoms with Gasteiger partial charge in [0, 0.05) is 11.4 Å². The van der Waals surface area contributed by atoms with Crippen LogP contribution in [0, 0.1) is 5.92 Å². The van der Waals surface area contributed by atoms with Gasteiger partial charge in [-0.15, -0.1) is 11.3 Å². The average Bonchev–Trinajstić information content (AvgIpc) is 3.03. The Morgan fingerprint density at radius 3 is 2.81 bits per heavy atom. The lowest BCUT2D eigenvalue weighted by Crippen LogP contribution is -2.28. The highest BCUT2D eigenvalue weighted by atomic mass is 32.1. The van der Waals surface area contributed by atoms with Crippen molar-refractivity contribution in [2.24, 2.45) is 5.92 Å². The number of amides is 1. The highest BCUT2D eigenvalue weighted by Gasteiger charge is 2.23. The van der Waals surface area contributed by atoms with E-state index in [1.165, 1.54) is 36.1 Å². The van der Waals surface area contributed by atoms with Crippen molar-refractivity contribution >= 4 is 17.2 Å². The summed E-state index contributed by atoms with van der Waals surface area (Å²) in [5.74, 6) is 0.526. The first kappa shape index (κ1) is 15.0. The van der Waals surface area contributed by atoms with Gasteiger partial charge in [-0.05, 0) is 62.5 Å². The van der Waals surface area contributed by atoms with Gasteiger partial charge < -0.3 is 10.4 Å². The number of carbonyl (C=O) groups is 1. The lowest BCUT2D eigenvalue weighted by Gasteiger charge is -2.09. The maximum atomic E-state index is 12.3. The first-order valence-electron chi connectivity index (χ1n) is 8.30. The van der Waals surface area contributed by atoms with Gasteiger partial charge in [-0.25, -0.2) is 0 Å².